The normalized spacial score (nSPS) is 23.7. The molecule has 0 amide bonds. The van der Waals surface area contributed by atoms with Crippen LogP contribution in [0, 0.1) is 0 Å². The lowest BCUT2D eigenvalue weighted by atomic mass is 9.98. The van der Waals surface area contributed by atoms with E-state index >= 15 is 0 Å². The maximum Gasteiger partial charge on any atom is 0.543 e. The summed E-state index contributed by atoms with van der Waals surface area (Å²) in [6, 6.07) is 0. The Hall–Kier alpha value is 0.134. The highest BCUT2D eigenvalue weighted by atomic mass is 28.4. The molecule has 0 radical (unpaired) electrons. The molecule has 0 unspecified atom stereocenters. The maximum absolute atomic E-state index is 14.7. The molecule has 1 saturated carbocycles. The summed E-state index contributed by atoms with van der Waals surface area (Å²) in [5.41, 5.74) is -0.646. The van der Waals surface area contributed by atoms with E-state index in [9.17, 15) is 8.22 Å². The SMILES string of the molecule is CCO[Si](F)(OCC)C1CC([Si](F)(OCC)OCC)C1. The molecule has 1 fully saturated rings. The molecule has 0 aliphatic heterocycles. The summed E-state index contributed by atoms with van der Waals surface area (Å²) in [5, 5.41) is 0. The molecule has 0 heterocycles. The third-order valence-electron chi connectivity index (χ3n) is 3.48. The number of halogens is 2. The average Bonchev–Trinajstić information content (AvgIpc) is 2.27. The van der Waals surface area contributed by atoms with E-state index in [0.717, 1.165) is 0 Å². The molecule has 0 saturated heterocycles. The standard InChI is InChI=1S/C12H26F2O4Si2/c1-5-15-19(13,16-6-2)11-9-12(10-11)20(14,17-7-3)18-8-4/h11-12H,5-10H2,1-4H3. The third-order valence-corrected chi connectivity index (χ3v) is 9.10. The number of hydrogen-bond acceptors (Lipinski definition) is 4. The molecular weight excluding hydrogens is 302 g/mol. The molecule has 0 atom stereocenters. The van der Waals surface area contributed by atoms with Gasteiger partial charge in [0.05, 0.1) is 0 Å². The number of hydrogen-bond donors (Lipinski definition) is 0. The highest BCUT2D eigenvalue weighted by molar-refractivity contribution is 6.65. The third kappa shape index (κ3) is 4.08. The lowest BCUT2D eigenvalue weighted by Crippen LogP contribution is -2.53. The van der Waals surface area contributed by atoms with Crippen molar-refractivity contribution in [3.8, 4) is 0 Å². The summed E-state index contributed by atoms with van der Waals surface area (Å²) < 4.78 is 50.2. The number of rotatable bonds is 10. The van der Waals surface area contributed by atoms with Crippen molar-refractivity contribution in [3.05, 3.63) is 0 Å². The highest BCUT2D eigenvalue weighted by Crippen LogP contribution is 2.55. The van der Waals surface area contributed by atoms with Crippen molar-refractivity contribution < 1.29 is 25.9 Å². The molecule has 0 aromatic heterocycles. The first-order chi connectivity index (χ1) is 9.45. The fraction of sp³-hybridized carbons (Fsp3) is 1.00. The smallest absolute Gasteiger partial charge is 0.371 e. The predicted octanol–water partition coefficient (Wildman–Crippen LogP) is 3.48. The summed E-state index contributed by atoms with van der Waals surface area (Å²) in [6.45, 7) is 8.07. The van der Waals surface area contributed by atoms with E-state index < -0.39 is 17.8 Å². The zero-order valence-electron chi connectivity index (χ0n) is 12.8. The maximum atomic E-state index is 14.7. The van der Waals surface area contributed by atoms with Gasteiger partial charge in [0.2, 0.25) is 0 Å². The Morgan fingerprint density at radius 2 is 0.950 bits per heavy atom. The Balaban J connectivity index is 2.62. The first kappa shape index (κ1) is 18.2. The Bertz CT molecular complexity index is 253. The van der Waals surface area contributed by atoms with Gasteiger partial charge in [-0.2, -0.15) is 0 Å². The van der Waals surface area contributed by atoms with Crippen LogP contribution in [0.25, 0.3) is 0 Å². The summed E-state index contributed by atoms with van der Waals surface area (Å²) in [7, 11) is -7.38. The molecule has 1 rings (SSSR count). The minimum atomic E-state index is -3.69. The van der Waals surface area contributed by atoms with Crippen molar-refractivity contribution in [2.24, 2.45) is 0 Å². The zero-order chi connectivity index (χ0) is 15.2. The van der Waals surface area contributed by atoms with E-state index in [1.165, 1.54) is 0 Å². The van der Waals surface area contributed by atoms with Crippen LogP contribution in [0.15, 0.2) is 0 Å². The van der Waals surface area contributed by atoms with Gasteiger partial charge in [-0.1, -0.05) is 0 Å². The van der Waals surface area contributed by atoms with E-state index in [0.29, 0.717) is 12.8 Å². The van der Waals surface area contributed by atoms with Gasteiger partial charge in [0.15, 0.2) is 0 Å². The topological polar surface area (TPSA) is 36.9 Å². The van der Waals surface area contributed by atoms with Crippen LogP contribution in [-0.4, -0.2) is 44.2 Å². The van der Waals surface area contributed by atoms with Gasteiger partial charge in [-0.05, 0) is 40.5 Å². The Kier molecular flexibility index (Phi) is 7.23. The molecule has 1 aliphatic carbocycles. The van der Waals surface area contributed by atoms with Crippen LogP contribution in [0.1, 0.15) is 40.5 Å². The van der Waals surface area contributed by atoms with Gasteiger partial charge in [-0.25, -0.2) is 8.22 Å². The summed E-state index contributed by atoms with van der Waals surface area (Å²) in [6.07, 6.45) is 0.789. The summed E-state index contributed by atoms with van der Waals surface area (Å²) >= 11 is 0. The van der Waals surface area contributed by atoms with Crippen molar-refractivity contribution in [2.75, 3.05) is 26.4 Å². The molecule has 0 bridgehead atoms. The second-order valence-electron chi connectivity index (χ2n) is 4.76. The van der Waals surface area contributed by atoms with Gasteiger partial charge in [0.25, 0.3) is 0 Å². The Morgan fingerprint density at radius 3 is 1.15 bits per heavy atom. The molecule has 0 spiro atoms. The van der Waals surface area contributed by atoms with Gasteiger partial charge in [-0.3, -0.25) is 0 Å². The average molecular weight is 329 g/mol. The summed E-state index contributed by atoms with van der Waals surface area (Å²) in [4.78, 5) is 0. The molecule has 0 aromatic rings. The molecule has 1 aliphatic rings. The van der Waals surface area contributed by atoms with Gasteiger partial charge in [-0.15, -0.1) is 0 Å². The van der Waals surface area contributed by atoms with Crippen LogP contribution < -0.4 is 0 Å². The lowest BCUT2D eigenvalue weighted by Gasteiger charge is -2.43. The molecule has 0 N–H and O–H groups in total. The summed E-state index contributed by atoms with van der Waals surface area (Å²) in [5.74, 6) is 0. The van der Waals surface area contributed by atoms with Crippen molar-refractivity contribution in [1.29, 1.82) is 0 Å². The van der Waals surface area contributed by atoms with Crippen molar-refractivity contribution in [1.82, 2.24) is 0 Å². The van der Waals surface area contributed by atoms with Gasteiger partial charge in [0, 0.05) is 37.5 Å². The Labute approximate surface area is 122 Å². The van der Waals surface area contributed by atoms with E-state index in [1.807, 2.05) is 0 Å². The van der Waals surface area contributed by atoms with E-state index in [1.54, 1.807) is 27.7 Å². The fourth-order valence-electron chi connectivity index (χ4n) is 2.52. The van der Waals surface area contributed by atoms with Crippen molar-refractivity contribution >= 4 is 17.8 Å². The van der Waals surface area contributed by atoms with E-state index in [2.05, 4.69) is 0 Å². The first-order valence-electron chi connectivity index (χ1n) is 7.39. The fourth-order valence-corrected chi connectivity index (χ4v) is 7.94. The van der Waals surface area contributed by atoms with Gasteiger partial charge >= 0.3 is 17.8 Å². The van der Waals surface area contributed by atoms with Gasteiger partial charge in [0.1, 0.15) is 0 Å². The minimum absolute atomic E-state index is 0.277. The van der Waals surface area contributed by atoms with Crippen molar-refractivity contribution in [2.45, 2.75) is 51.6 Å². The molecule has 8 heteroatoms. The van der Waals surface area contributed by atoms with Crippen LogP contribution in [0.2, 0.25) is 11.1 Å². The zero-order valence-corrected chi connectivity index (χ0v) is 14.8. The van der Waals surface area contributed by atoms with Crippen molar-refractivity contribution in [3.63, 3.8) is 0 Å². The van der Waals surface area contributed by atoms with Crippen LogP contribution in [-0.2, 0) is 17.7 Å². The van der Waals surface area contributed by atoms with Gasteiger partial charge < -0.3 is 17.7 Å². The van der Waals surface area contributed by atoms with E-state index in [4.69, 9.17) is 17.7 Å². The predicted molar refractivity (Wildman–Crippen MR) is 77.0 cm³/mol. The van der Waals surface area contributed by atoms with Crippen LogP contribution in [0.4, 0.5) is 8.22 Å². The lowest BCUT2D eigenvalue weighted by molar-refractivity contribution is 0.0913. The molecule has 4 nitrogen and oxygen atoms in total. The van der Waals surface area contributed by atoms with Crippen LogP contribution >= 0.6 is 0 Å². The molecule has 0 aromatic carbocycles. The van der Waals surface area contributed by atoms with E-state index in [-0.39, 0.29) is 37.5 Å². The highest BCUT2D eigenvalue weighted by Gasteiger charge is 2.62. The molecule has 120 valence electrons. The van der Waals surface area contributed by atoms with Crippen LogP contribution in [0.5, 0.6) is 0 Å². The second kappa shape index (κ2) is 7.95. The van der Waals surface area contributed by atoms with Crippen LogP contribution in [0.3, 0.4) is 0 Å². The minimum Gasteiger partial charge on any atom is -0.371 e. The monoisotopic (exact) mass is 328 g/mol. The Morgan fingerprint density at radius 1 is 0.700 bits per heavy atom. The largest absolute Gasteiger partial charge is 0.543 e. The second-order valence-corrected chi connectivity index (χ2v) is 9.88. The molecule has 20 heavy (non-hydrogen) atoms. The molecular formula is C12H26F2O4Si2. The first-order valence-corrected chi connectivity index (χ1v) is 10.9. The quantitative estimate of drug-likeness (QED) is 0.454.